The molecule has 1 fully saturated rings. The number of benzene rings is 1. The van der Waals surface area contributed by atoms with Gasteiger partial charge in [0.1, 0.15) is 5.65 Å². The average molecular weight is 331 g/mol. The minimum atomic E-state index is 0.0832. The summed E-state index contributed by atoms with van der Waals surface area (Å²) in [6, 6.07) is 15.5. The molecule has 1 aliphatic carbocycles. The number of nitrogens with zero attached hydrogens (tertiary/aromatic N) is 3. The van der Waals surface area contributed by atoms with Crippen LogP contribution in [0.1, 0.15) is 62.0 Å². The van der Waals surface area contributed by atoms with Crippen molar-refractivity contribution in [1.82, 2.24) is 9.38 Å². The summed E-state index contributed by atoms with van der Waals surface area (Å²) in [5.41, 5.74) is 6.63. The molecule has 1 atom stereocenters. The molecule has 1 aromatic carbocycles. The highest BCUT2D eigenvalue weighted by Gasteiger charge is 2.52. The Hall–Kier alpha value is -2.29. The monoisotopic (exact) mass is 331 g/mol. The summed E-state index contributed by atoms with van der Waals surface area (Å²) in [5, 5.41) is 0. The van der Waals surface area contributed by atoms with Crippen LogP contribution in [0.2, 0.25) is 0 Å². The molecule has 0 saturated heterocycles. The number of aromatic nitrogens is 2. The Balaban J connectivity index is 1.79. The Labute approximate surface area is 149 Å². The van der Waals surface area contributed by atoms with Gasteiger partial charge in [-0.3, -0.25) is 0 Å². The molecule has 0 radical (unpaired) electrons. The van der Waals surface area contributed by atoms with E-state index in [1.165, 1.54) is 54.7 Å². The molecule has 0 amide bonds. The molecule has 2 aliphatic rings. The van der Waals surface area contributed by atoms with E-state index in [1.54, 1.807) is 0 Å². The first-order valence-electron chi connectivity index (χ1n) is 9.55. The van der Waals surface area contributed by atoms with Gasteiger partial charge in [-0.15, -0.1) is 0 Å². The first-order chi connectivity index (χ1) is 12.2. The standard InChI is InChI=1S/C22H25N3/c1-16-10-4-5-11-18(16)25-17(2)20-21(22(25)13-7-3-8-14-22)24-15-9-6-12-19(24)23-20/h4-6,9-12,15,17H,3,7-8,13-14H2,1-2H3/t17-/m0/s1. The summed E-state index contributed by atoms with van der Waals surface area (Å²) in [5.74, 6) is 0. The Morgan fingerprint density at radius 3 is 2.56 bits per heavy atom. The molecule has 3 heteroatoms. The molecule has 3 aromatic rings. The zero-order valence-corrected chi connectivity index (χ0v) is 15.1. The number of imidazole rings is 1. The first-order valence-corrected chi connectivity index (χ1v) is 9.55. The average Bonchev–Trinajstić information content (AvgIpc) is 3.13. The number of hydrogen-bond acceptors (Lipinski definition) is 2. The van der Waals surface area contributed by atoms with Crippen LogP contribution in [0.15, 0.2) is 48.7 Å². The minimum Gasteiger partial charge on any atom is -0.352 e. The largest absolute Gasteiger partial charge is 0.352 e. The predicted molar refractivity (Wildman–Crippen MR) is 102 cm³/mol. The number of rotatable bonds is 1. The molecule has 3 nitrogen and oxygen atoms in total. The third-order valence-electron chi connectivity index (χ3n) is 6.30. The predicted octanol–water partition coefficient (Wildman–Crippen LogP) is 5.38. The van der Waals surface area contributed by atoms with Crippen molar-refractivity contribution in [1.29, 1.82) is 0 Å². The molecule has 1 aliphatic heterocycles. The van der Waals surface area contributed by atoms with Gasteiger partial charge < -0.3 is 9.30 Å². The lowest BCUT2D eigenvalue weighted by Gasteiger charge is -2.45. The van der Waals surface area contributed by atoms with Crippen LogP contribution in [0.5, 0.6) is 0 Å². The molecule has 128 valence electrons. The van der Waals surface area contributed by atoms with Crippen LogP contribution < -0.4 is 4.90 Å². The van der Waals surface area contributed by atoms with Crippen LogP contribution in [0, 0.1) is 6.92 Å². The van der Waals surface area contributed by atoms with Gasteiger partial charge in [0.05, 0.1) is 23.0 Å². The van der Waals surface area contributed by atoms with Crippen LogP contribution in [0.4, 0.5) is 5.69 Å². The lowest BCUT2D eigenvalue weighted by atomic mass is 9.79. The molecule has 0 bridgehead atoms. The first kappa shape index (κ1) is 15.0. The number of para-hydroxylation sites is 1. The van der Waals surface area contributed by atoms with Crippen molar-refractivity contribution in [3.63, 3.8) is 0 Å². The van der Waals surface area contributed by atoms with Crippen LogP contribution in [-0.4, -0.2) is 9.38 Å². The Morgan fingerprint density at radius 1 is 1.00 bits per heavy atom. The topological polar surface area (TPSA) is 20.5 Å². The minimum absolute atomic E-state index is 0.0832. The van der Waals surface area contributed by atoms with Gasteiger partial charge in [0, 0.05) is 11.9 Å². The molecule has 2 aromatic heterocycles. The fourth-order valence-corrected chi connectivity index (χ4v) is 5.26. The van der Waals surface area contributed by atoms with Gasteiger partial charge in [-0.05, 0) is 50.5 Å². The quantitative estimate of drug-likeness (QED) is 0.596. The summed E-state index contributed by atoms with van der Waals surface area (Å²) < 4.78 is 2.36. The third-order valence-corrected chi connectivity index (χ3v) is 6.30. The maximum absolute atomic E-state index is 5.05. The van der Waals surface area contributed by atoms with Crippen LogP contribution in [0.25, 0.3) is 5.65 Å². The highest BCUT2D eigenvalue weighted by molar-refractivity contribution is 5.64. The van der Waals surface area contributed by atoms with Gasteiger partial charge in [-0.1, -0.05) is 43.5 Å². The van der Waals surface area contributed by atoms with Crippen molar-refractivity contribution in [2.24, 2.45) is 0 Å². The van der Waals surface area contributed by atoms with E-state index in [-0.39, 0.29) is 5.54 Å². The summed E-state index contributed by atoms with van der Waals surface area (Å²) >= 11 is 0. The van der Waals surface area contributed by atoms with Gasteiger partial charge in [0.2, 0.25) is 0 Å². The van der Waals surface area contributed by atoms with Crippen LogP contribution >= 0.6 is 0 Å². The van der Waals surface area contributed by atoms with E-state index in [0.29, 0.717) is 6.04 Å². The van der Waals surface area contributed by atoms with Crippen LogP contribution in [0.3, 0.4) is 0 Å². The fourth-order valence-electron chi connectivity index (χ4n) is 5.26. The van der Waals surface area contributed by atoms with Gasteiger partial charge in [0.15, 0.2) is 0 Å². The van der Waals surface area contributed by atoms with E-state index in [4.69, 9.17) is 4.98 Å². The molecule has 1 spiro atoms. The second kappa shape index (κ2) is 5.35. The smallest absolute Gasteiger partial charge is 0.137 e. The van der Waals surface area contributed by atoms with E-state index in [2.05, 4.69) is 71.8 Å². The Bertz CT molecular complexity index is 933. The maximum Gasteiger partial charge on any atom is 0.137 e. The zero-order valence-electron chi connectivity index (χ0n) is 15.1. The number of pyridine rings is 1. The highest BCUT2D eigenvalue weighted by atomic mass is 15.3. The molecule has 5 rings (SSSR count). The SMILES string of the molecule is Cc1ccccc1N1[C@@H](C)c2nc3ccccn3c2C12CCCCC2. The molecule has 0 N–H and O–H groups in total. The summed E-state index contributed by atoms with van der Waals surface area (Å²) in [4.78, 5) is 7.74. The lowest BCUT2D eigenvalue weighted by Crippen LogP contribution is -2.45. The lowest BCUT2D eigenvalue weighted by molar-refractivity contribution is 0.276. The fraction of sp³-hybridized carbons (Fsp3) is 0.409. The van der Waals surface area contributed by atoms with Crippen molar-refractivity contribution in [3.8, 4) is 0 Å². The normalized spacial score (nSPS) is 21.8. The van der Waals surface area contributed by atoms with Gasteiger partial charge in [-0.25, -0.2) is 4.98 Å². The highest BCUT2D eigenvalue weighted by Crippen LogP contribution is 2.55. The summed E-state index contributed by atoms with van der Waals surface area (Å²) in [7, 11) is 0. The number of hydrogen-bond donors (Lipinski definition) is 0. The Kier molecular flexibility index (Phi) is 3.21. The Morgan fingerprint density at radius 2 is 1.76 bits per heavy atom. The zero-order chi connectivity index (χ0) is 17.0. The molecular weight excluding hydrogens is 306 g/mol. The molecule has 3 heterocycles. The molecule has 25 heavy (non-hydrogen) atoms. The number of aryl methyl sites for hydroxylation is 1. The molecule has 1 saturated carbocycles. The van der Waals surface area contributed by atoms with Crippen molar-refractivity contribution in [3.05, 3.63) is 65.6 Å². The van der Waals surface area contributed by atoms with Crippen molar-refractivity contribution in [2.45, 2.75) is 57.5 Å². The van der Waals surface area contributed by atoms with E-state index in [1.807, 2.05) is 0 Å². The van der Waals surface area contributed by atoms with E-state index in [0.717, 1.165) is 5.65 Å². The maximum atomic E-state index is 5.05. The summed E-state index contributed by atoms with van der Waals surface area (Å²) in [6.45, 7) is 4.57. The van der Waals surface area contributed by atoms with E-state index < -0.39 is 0 Å². The molecule has 0 unspecified atom stereocenters. The van der Waals surface area contributed by atoms with Crippen molar-refractivity contribution < 1.29 is 0 Å². The second-order valence-electron chi connectivity index (χ2n) is 7.70. The third kappa shape index (κ3) is 1.95. The summed E-state index contributed by atoms with van der Waals surface area (Å²) in [6.07, 6.45) is 8.60. The van der Waals surface area contributed by atoms with Crippen LogP contribution in [-0.2, 0) is 5.54 Å². The van der Waals surface area contributed by atoms with E-state index >= 15 is 0 Å². The van der Waals surface area contributed by atoms with E-state index in [9.17, 15) is 0 Å². The second-order valence-corrected chi connectivity index (χ2v) is 7.70. The molecular formula is C22H25N3. The number of fused-ring (bicyclic) bond motifs is 4. The van der Waals surface area contributed by atoms with Crippen molar-refractivity contribution in [2.75, 3.05) is 4.90 Å². The number of anilines is 1. The van der Waals surface area contributed by atoms with Gasteiger partial charge >= 0.3 is 0 Å². The van der Waals surface area contributed by atoms with Gasteiger partial charge in [0.25, 0.3) is 0 Å². The van der Waals surface area contributed by atoms with Gasteiger partial charge in [-0.2, -0.15) is 0 Å². The van der Waals surface area contributed by atoms with Crippen molar-refractivity contribution >= 4 is 11.3 Å².